The Morgan fingerprint density at radius 3 is 2.16 bits per heavy atom. The summed E-state index contributed by atoms with van der Waals surface area (Å²) in [6, 6.07) is 7.71. The van der Waals surface area contributed by atoms with E-state index >= 15 is 0 Å². The lowest BCUT2D eigenvalue weighted by molar-refractivity contribution is 0.0535. The van der Waals surface area contributed by atoms with Gasteiger partial charge in [0.25, 0.3) is 11.8 Å². The predicted molar refractivity (Wildman–Crippen MR) is 121 cm³/mol. The molecule has 1 heterocycles. The Morgan fingerprint density at radius 1 is 0.969 bits per heavy atom. The topological polar surface area (TPSA) is 59.1 Å². The van der Waals surface area contributed by atoms with E-state index in [1.165, 1.54) is 6.07 Å². The van der Waals surface area contributed by atoms with Crippen molar-refractivity contribution in [3.05, 3.63) is 57.9 Å². The van der Waals surface area contributed by atoms with Crippen LogP contribution in [0, 0.1) is 12.7 Å². The highest BCUT2D eigenvalue weighted by molar-refractivity contribution is 6.32. The molecule has 1 fully saturated rings. The van der Waals surface area contributed by atoms with E-state index in [1.807, 2.05) is 13.8 Å². The summed E-state index contributed by atoms with van der Waals surface area (Å²) >= 11 is 6.39. The van der Waals surface area contributed by atoms with Crippen molar-refractivity contribution >= 4 is 23.4 Å². The molecule has 8 heteroatoms. The van der Waals surface area contributed by atoms with E-state index in [1.54, 1.807) is 41.0 Å². The second kappa shape index (κ2) is 10.7. The number of carbonyl (C=O) groups excluding carboxylic acids is 2. The van der Waals surface area contributed by atoms with Gasteiger partial charge in [-0.05, 0) is 50.1 Å². The zero-order valence-corrected chi connectivity index (χ0v) is 19.4. The van der Waals surface area contributed by atoms with Crippen molar-refractivity contribution < 1.29 is 23.5 Å². The number of hydrogen-bond acceptors (Lipinski definition) is 4. The smallest absolute Gasteiger partial charge is 0.254 e. The van der Waals surface area contributed by atoms with Gasteiger partial charge in [0.2, 0.25) is 0 Å². The fraction of sp³-hybridized carbons (Fsp3) is 0.417. The van der Waals surface area contributed by atoms with E-state index < -0.39 is 5.82 Å². The van der Waals surface area contributed by atoms with Gasteiger partial charge in [-0.3, -0.25) is 9.59 Å². The third kappa shape index (κ3) is 5.33. The lowest BCUT2D eigenvalue weighted by Gasteiger charge is -2.35. The molecule has 1 aliphatic rings. The number of carbonyl (C=O) groups is 2. The van der Waals surface area contributed by atoms with Crippen molar-refractivity contribution in [2.24, 2.45) is 0 Å². The lowest BCUT2D eigenvalue weighted by atomic mass is 10.1. The molecular weight excluding hydrogens is 435 g/mol. The van der Waals surface area contributed by atoms with Crippen LogP contribution < -0.4 is 9.47 Å². The highest BCUT2D eigenvalue weighted by Crippen LogP contribution is 2.37. The molecule has 2 aromatic rings. The first kappa shape index (κ1) is 23.9. The predicted octanol–water partition coefficient (Wildman–Crippen LogP) is 4.57. The summed E-state index contributed by atoms with van der Waals surface area (Å²) in [7, 11) is 0. The monoisotopic (exact) mass is 462 g/mol. The highest BCUT2D eigenvalue weighted by atomic mass is 35.5. The molecule has 0 saturated carbocycles. The van der Waals surface area contributed by atoms with Crippen molar-refractivity contribution in [1.82, 2.24) is 9.80 Å². The van der Waals surface area contributed by atoms with Gasteiger partial charge in [-0.1, -0.05) is 24.6 Å². The molecule has 172 valence electrons. The minimum atomic E-state index is -0.405. The summed E-state index contributed by atoms with van der Waals surface area (Å²) in [4.78, 5) is 29.1. The Labute approximate surface area is 192 Å². The van der Waals surface area contributed by atoms with Crippen LogP contribution in [0.25, 0.3) is 0 Å². The van der Waals surface area contributed by atoms with E-state index in [-0.39, 0.29) is 11.8 Å². The molecule has 1 saturated heterocycles. The van der Waals surface area contributed by atoms with Crippen LogP contribution >= 0.6 is 11.6 Å². The number of ether oxygens (including phenoxy) is 2. The minimum absolute atomic E-state index is 0.191. The molecule has 2 amide bonds. The van der Waals surface area contributed by atoms with Crippen LogP contribution in [-0.4, -0.2) is 61.0 Å². The van der Waals surface area contributed by atoms with Crippen molar-refractivity contribution in [1.29, 1.82) is 0 Å². The molecule has 3 rings (SSSR count). The van der Waals surface area contributed by atoms with E-state index in [2.05, 4.69) is 0 Å². The summed E-state index contributed by atoms with van der Waals surface area (Å²) < 4.78 is 25.2. The van der Waals surface area contributed by atoms with E-state index in [4.69, 9.17) is 21.1 Å². The van der Waals surface area contributed by atoms with Gasteiger partial charge in [0.05, 0.1) is 18.2 Å². The summed E-state index contributed by atoms with van der Waals surface area (Å²) in [5.41, 5.74) is 1.21. The minimum Gasteiger partial charge on any atom is -0.490 e. The Bertz CT molecular complexity index is 990. The average Bonchev–Trinajstić information content (AvgIpc) is 2.79. The molecule has 0 N–H and O–H groups in total. The molecule has 32 heavy (non-hydrogen) atoms. The van der Waals surface area contributed by atoms with Crippen LogP contribution in [0.4, 0.5) is 4.39 Å². The van der Waals surface area contributed by atoms with Gasteiger partial charge < -0.3 is 19.3 Å². The van der Waals surface area contributed by atoms with Gasteiger partial charge in [0, 0.05) is 37.3 Å². The molecular formula is C24H28ClFN2O4. The van der Waals surface area contributed by atoms with Gasteiger partial charge >= 0.3 is 0 Å². The van der Waals surface area contributed by atoms with Crippen molar-refractivity contribution in [3.63, 3.8) is 0 Å². The molecule has 0 atom stereocenters. The summed E-state index contributed by atoms with van der Waals surface area (Å²) in [6.45, 7) is 7.87. The van der Waals surface area contributed by atoms with Gasteiger partial charge in [-0.2, -0.15) is 0 Å². The second-order valence-corrected chi connectivity index (χ2v) is 8.02. The van der Waals surface area contributed by atoms with Gasteiger partial charge in [0.15, 0.2) is 11.5 Å². The fourth-order valence-corrected chi connectivity index (χ4v) is 3.77. The first-order chi connectivity index (χ1) is 15.3. The number of amides is 2. The molecule has 0 bridgehead atoms. The Morgan fingerprint density at radius 2 is 1.59 bits per heavy atom. The maximum Gasteiger partial charge on any atom is 0.254 e. The van der Waals surface area contributed by atoms with E-state index in [0.717, 1.165) is 6.42 Å². The number of benzene rings is 2. The molecule has 1 aliphatic heterocycles. The van der Waals surface area contributed by atoms with Gasteiger partial charge in [0.1, 0.15) is 5.82 Å². The maximum atomic E-state index is 13.8. The zero-order chi connectivity index (χ0) is 23.3. The molecule has 0 spiro atoms. The third-order valence-corrected chi connectivity index (χ3v) is 5.56. The third-order valence-electron chi connectivity index (χ3n) is 5.28. The van der Waals surface area contributed by atoms with Crippen LogP contribution in [-0.2, 0) is 0 Å². The fourth-order valence-electron chi connectivity index (χ4n) is 3.50. The molecule has 0 aromatic heterocycles. The number of nitrogens with zero attached hydrogens (tertiary/aromatic N) is 2. The summed E-state index contributed by atoms with van der Waals surface area (Å²) in [5, 5.41) is 0.322. The molecule has 0 unspecified atom stereocenters. The number of piperazine rings is 1. The van der Waals surface area contributed by atoms with Gasteiger partial charge in [-0.15, -0.1) is 0 Å². The maximum absolute atomic E-state index is 13.8. The first-order valence-corrected chi connectivity index (χ1v) is 11.2. The van der Waals surface area contributed by atoms with Crippen LogP contribution in [0.15, 0.2) is 30.3 Å². The second-order valence-electron chi connectivity index (χ2n) is 7.62. The van der Waals surface area contributed by atoms with Crippen molar-refractivity contribution in [2.45, 2.75) is 27.2 Å². The standard InChI is InChI=1S/C24H28ClFN2O4/c1-4-12-32-22-19(25)13-18(15-21(22)31-5-2)24(30)28-10-8-27(9-11-28)23(29)17-7-6-16(3)20(26)14-17/h6-7,13-15H,4-5,8-12H2,1-3H3. The summed E-state index contributed by atoms with van der Waals surface area (Å²) in [5.74, 6) is 0.0381. The number of halogens is 2. The SMILES string of the molecule is CCCOc1c(Cl)cc(C(=O)N2CCN(C(=O)c3ccc(C)c(F)c3)CC2)cc1OCC. The molecule has 2 aromatic carbocycles. The first-order valence-electron chi connectivity index (χ1n) is 10.8. The van der Waals surface area contributed by atoms with Crippen LogP contribution in [0.2, 0.25) is 5.02 Å². The van der Waals surface area contributed by atoms with Crippen LogP contribution in [0.5, 0.6) is 11.5 Å². The molecule has 6 nitrogen and oxygen atoms in total. The Kier molecular flexibility index (Phi) is 7.96. The number of hydrogen-bond donors (Lipinski definition) is 0. The molecule has 0 aliphatic carbocycles. The van der Waals surface area contributed by atoms with E-state index in [9.17, 15) is 14.0 Å². The normalized spacial score (nSPS) is 13.8. The molecule has 0 radical (unpaired) electrons. The Hall–Kier alpha value is -2.80. The van der Waals surface area contributed by atoms with E-state index in [0.29, 0.717) is 72.6 Å². The number of rotatable bonds is 7. The zero-order valence-electron chi connectivity index (χ0n) is 18.6. The quantitative estimate of drug-likeness (QED) is 0.604. The van der Waals surface area contributed by atoms with Gasteiger partial charge in [-0.25, -0.2) is 4.39 Å². The van der Waals surface area contributed by atoms with Crippen LogP contribution in [0.3, 0.4) is 0 Å². The lowest BCUT2D eigenvalue weighted by Crippen LogP contribution is -2.50. The average molecular weight is 463 g/mol. The summed E-state index contributed by atoms with van der Waals surface area (Å²) in [6.07, 6.45) is 0.820. The van der Waals surface area contributed by atoms with Crippen molar-refractivity contribution in [3.8, 4) is 11.5 Å². The number of aryl methyl sites for hydroxylation is 1. The van der Waals surface area contributed by atoms with Crippen molar-refractivity contribution in [2.75, 3.05) is 39.4 Å². The highest BCUT2D eigenvalue weighted by Gasteiger charge is 2.27. The van der Waals surface area contributed by atoms with Crippen LogP contribution in [0.1, 0.15) is 46.5 Å². The largest absolute Gasteiger partial charge is 0.490 e. The Balaban J connectivity index is 1.69.